The molecule has 0 atom stereocenters. The van der Waals surface area contributed by atoms with Crippen molar-refractivity contribution in [3.63, 3.8) is 0 Å². The lowest BCUT2D eigenvalue weighted by Crippen LogP contribution is -1.96. The van der Waals surface area contributed by atoms with Crippen LogP contribution in [0.2, 0.25) is 0 Å². The third-order valence-electron chi connectivity index (χ3n) is 1.47. The van der Waals surface area contributed by atoms with Crippen molar-refractivity contribution in [1.29, 1.82) is 0 Å². The second-order valence-corrected chi connectivity index (χ2v) is 2.62. The summed E-state index contributed by atoms with van der Waals surface area (Å²) < 4.78 is 29.3. The van der Waals surface area contributed by atoms with E-state index < -0.39 is 6.43 Å². The Morgan fingerprint density at radius 3 is 2.69 bits per heavy atom. The van der Waals surface area contributed by atoms with Crippen molar-refractivity contribution in [3.8, 4) is 5.75 Å². The third-order valence-corrected chi connectivity index (χ3v) is 1.74. The smallest absolute Gasteiger partial charge is 0.280 e. The maximum atomic E-state index is 12.2. The molecule has 0 radical (unpaired) electrons. The fraction of sp³-hybridized carbons (Fsp3) is 0.375. The molecule has 0 amide bonds. The van der Waals surface area contributed by atoms with Gasteiger partial charge in [0.15, 0.2) is 0 Å². The third kappa shape index (κ3) is 2.52. The van der Waals surface area contributed by atoms with Crippen LogP contribution in [0.4, 0.5) is 8.78 Å². The van der Waals surface area contributed by atoms with Crippen molar-refractivity contribution in [3.05, 3.63) is 23.5 Å². The Kier molecular flexibility index (Phi) is 3.42. The largest absolute Gasteiger partial charge is 0.497 e. The lowest BCUT2D eigenvalue weighted by molar-refractivity contribution is 0.145. The molecule has 0 bridgehead atoms. The van der Waals surface area contributed by atoms with Gasteiger partial charge in [0.05, 0.1) is 18.7 Å². The van der Waals surface area contributed by atoms with Crippen LogP contribution in [0.25, 0.3) is 0 Å². The minimum absolute atomic E-state index is 0.0942. The summed E-state index contributed by atoms with van der Waals surface area (Å²) >= 11 is 5.47. The summed E-state index contributed by atoms with van der Waals surface area (Å²) in [7, 11) is 1.41. The van der Waals surface area contributed by atoms with E-state index in [-0.39, 0.29) is 11.6 Å². The Balaban J connectivity index is 3.07. The lowest BCUT2D eigenvalue weighted by atomic mass is 10.3. The number of methoxy groups -OCH3 is 1. The number of nitrogens with zero attached hydrogens (tertiary/aromatic N) is 1. The van der Waals surface area contributed by atoms with Gasteiger partial charge < -0.3 is 4.74 Å². The molecular formula is C8H8ClF2NO. The van der Waals surface area contributed by atoms with Gasteiger partial charge in [-0.15, -0.1) is 11.6 Å². The molecule has 1 heterocycles. The van der Waals surface area contributed by atoms with E-state index in [4.69, 9.17) is 16.3 Å². The molecular weight excluding hydrogens is 200 g/mol. The van der Waals surface area contributed by atoms with Gasteiger partial charge in [-0.2, -0.15) is 0 Å². The molecule has 0 aromatic carbocycles. The van der Waals surface area contributed by atoms with Crippen LogP contribution < -0.4 is 4.74 Å². The Labute approximate surface area is 79.5 Å². The fourth-order valence-electron chi connectivity index (χ4n) is 0.880. The van der Waals surface area contributed by atoms with Crippen molar-refractivity contribution in [2.45, 2.75) is 12.3 Å². The van der Waals surface area contributed by atoms with Gasteiger partial charge in [0, 0.05) is 12.1 Å². The number of halogens is 3. The molecule has 0 fully saturated rings. The van der Waals surface area contributed by atoms with E-state index in [1.807, 2.05) is 0 Å². The molecule has 1 aromatic heterocycles. The molecule has 0 saturated heterocycles. The highest BCUT2D eigenvalue weighted by molar-refractivity contribution is 6.16. The predicted octanol–water partition coefficient (Wildman–Crippen LogP) is 2.77. The number of aromatic nitrogens is 1. The van der Waals surface area contributed by atoms with Gasteiger partial charge in [-0.3, -0.25) is 4.98 Å². The predicted molar refractivity (Wildman–Crippen MR) is 45.3 cm³/mol. The van der Waals surface area contributed by atoms with Gasteiger partial charge in [-0.05, 0) is 0 Å². The van der Waals surface area contributed by atoms with Crippen LogP contribution in [0.3, 0.4) is 0 Å². The highest BCUT2D eigenvalue weighted by atomic mass is 35.5. The normalized spacial score (nSPS) is 10.5. The highest BCUT2D eigenvalue weighted by Crippen LogP contribution is 2.22. The first-order valence-electron chi connectivity index (χ1n) is 3.56. The van der Waals surface area contributed by atoms with Crippen LogP contribution >= 0.6 is 11.6 Å². The van der Waals surface area contributed by atoms with Crippen molar-refractivity contribution < 1.29 is 13.5 Å². The lowest BCUT2D eigenvalue weighted by Gasteiger charge is -2.05. The van der Waals surface area contributed by atoms with E-state index in [0.29, 0.717) is 11.4 Å². The zero-order chi connectivity index (χ0) is 9.84. The zero-order valence-corrected chi connectivity index (χ0v) is 7.68. The minimum Gasteiger partial charge on any atom is -0.497 e. The number of ether oxygens (including phenoxy) is 1. The van der Waals surface area contributed by atoms with E-state index in [9.17, 15) is 8.78 Å². The van der Waals surface area contributed by atoms with Gasteiger partial charge in [-0.25, -0.2) is 8.78 Å². The first-order valence-corrected chi connectivity index (χ1v) is 4.09. The summed E-state index contributed by atoms with van der Waals surface area (Å²) in [6.07, 6.45) is -2.60. The molecule has 5 heteroatoms. The van der Waals surface area contributed by atoms with Crippen LogP contribution in [0.5, 0.6) is 5.75 Å². The summed E-state index contributed by atoms with van der Waals surface area (Å²) in [5.41, 5.74) is 0.0753. The van der Waals surface area contributed by atoms with E-state index in [1.165, 1.54) is 19.2 Å². The van der Waals surface area contributed by atoms with Crippen LogP contribution in [0.1, 0.15) is 17.8 Å². The summed E-state index contributed by atoms with van der Waals surface area (Å²) in [6.45, 7) is 0. The van der Waals surface area contributed by atoms with E-state index in [1.54, 1.807) is 0 Å². The summed E-state index contributed by atoms with van der Waals surface area (Å²) in [4.78, 5) is 3.64. The standard InChI is InChI=1S/C8H8ClF2NO/c1-13-6-2-5(4-9)12-7(3-6)8(10)11/h2-3,8H,4H2,1H3. The number of alkyl halides is 3. The van der Waals surface area contributed by atoms with Crippen LogP contribution in [-0.4, -0.2) is 12.1 Å². The minimum atomic E-state index is -2.60. The molecule has 0 N–H and O–H groups in total. The van der Waals surface area contributed by atoms with Crippen LogP contribution in [0, 0.1) is 0 Å². The highest BCUT2D eigenvalue weighted by Gasteiger charge is 2.11. The van der Waals surface area contributed by atoms with Gasteiger partial charge >= 0.3 is 0 Å². The summed E-state index contributed by atoms with van der Waals surface area (Å²) in [5, 5.41) is 0. The number of hydrogen-bond acceptors (Lipinski definition) is 2. The van der Waals surface area contributed by atoms with E-state index in [2.05, 4.69) is 4.98 Å². The second kappa shape index (κ2) is 4.37. The maximum Gasteiger partial charge on any atom is 0.280 e. The second-order valence-electron chi connectivity index (χ2n) is 2.36. The average molecular weight is 208 g/mol. The quantitative estimate of drug-likeness (QED) is 0.711. The van der Waals surface area contributed by atoms with Crippen molar-refractivity contribution in [1.82, 2.24) is 4.98 Å². The monoisotopic (exact) mass is 207 g/mol. The van der Waals surface area contributed by atoms with Gasteiger partial charge in [-0.1, -0.05) is 0 Å². The van der Waals surface area contributed by atoms with Crippen molar-refractivity contribution in [2.24, 2.45) is 0 Å². The number of hydrogen-bond donors (Lipinski definition) is 0. The summed E-state index contributed by atoms with van der Waals surface area (Å²) in [5.74, 6) is 0.442. The Morgan fingerprint density at radius 2 is 2.23 bits per heavy atom. The molecule has 0 aliphatic heterocycles. The van der Waals surface area contributed by atoms with Crippen LogP contribution in [-0.2, 0) is 5.88 Å². The molecule has 13 heavy (non-hydrogen) atoms. The number of rotatable bonds is 3. The van der Waals surface area contributed by atoms with Gasteiger partial charge in [0.1, 0.15) is 11.4 Å². The van der Waals surface area contributed by atoms with E-state index in [0.717, 1.165) is 0 Å². The summed E-state index contributed by atoms with van der Waals surface area (Å²) in [6, 6.07) is 2.72. The molecule has 1 rings (SSSR count). The molecule has 0 saturated carbocycles. The molecule has 1 aromatic rings. The first-order chi connectivity index (χ1) is 6.17. The van der Waals surface area contributed by atoms with Gasteiger partial charge in [0.2, 0.25) is 0 Å². The van der Waals surface area contributed by atoms with Crippen molar-refractivity contribution >= 4 is 11.6 Å². The van der Waals surface area contributed by atoms with Crippen molar-refractivity contribution in [2.75, 3.05) is 7.11 Å². The number of pyridine rings is 1. The molecule has 2 nitrogen and oxygen atoms in total. The molecule has 0 unspecified atom stereocenters. The molecule has 72 valence electrons. The molecule has 0 spiro atoms. The fourth-order valence-corrected chi connectivity index (χ4v) is 1.02. The molecule has 0 aliphatic rings. The topological polar surface area (TPSA) is 22.1 Å². The molecule has 0 aliphatic carbocycles. The Morgan fingerprint density at radius 1 is 1.54 bits per heavy atom. The Hall–Kier alpha value is -0.900. The SMILES string of the molecule is COc1cc(CCl)nc(C(F)F)c1. The Bertz CT molecular complexity index is 271. The zero-order valence-electron chi connectivity index (χ0n) is 6.93. The average Bonchev–Trinajstić information content (AvgIpc) is 2.16. The van der Waals surface area contributed by atoms with Crippen LogP contribution in [0.15, 0.2) is 12.1 Å². The first kappa shape index (κ1) is 10.2. The van der Waals surface area contributed by atoms with Gasteiger partial charge in [0.25, 0.3) is 6.43 Å². The van der Waals surface area contributed by atoms with E-state index >= 15 is 0 Å². The maximum absolute atomic E-state index is 12.2.